The van der Waals surface area contributed by atoms with Gasteiger partial charge in [0, 0.05) is 35.4 Å². The highest BCUT2D eigenvalue weighted by molar-refractivity contribution is 5.80. The summed E-state index contributed by atoms with van der Waals surface area (Å²) < 4.78 is 4.58. The number of nitrogens with one attached hydrogen (secondary N) is 2. The van der Waals surface area contributed by atoms with Crippen molar-refractivity contribution in [1.29, 1.82) is 0 Å². The minimum absolute atomic E-state index is 0.295. The van der Waals surface area contributed by atoms with Gasteiger partial charge in [0.2, 0.25) is 6.41 Å². The number of nitrogens with zero attached hydrogens (tertiary/aromatic N) is 5. The molecule has 0 saturated carbocycles. The summed E-state index contributed by atoms with van der Waals surface area (Å²) in [6, 6.07) is 11.9. The van der Waals surface area contributed by atoms with E-state index in [0.717, 1.165) is 24.2 Å². The van der Waals surface area contributed by atoms with Gasteiger partial charge in [-0.25, -0.2) is 14.6 Å². The second kappa shape index (κ2) is 10.8. The van der Waals surface area contributed by atoms with Crippen LogP contribution in [0.15, 0.2) is 81.5 Å². The van der Waals surface area contributed by atoms with E-state index < -0.39 is 23.3 Å². The van der Waals surface area contributed by atoms with Gasteiger partial charge in [-0.3, -0.25) is 24.1 Å². The Hall–Kier alpha value is -4.71. The topological polar surface area (TPSA) is 148 Å². The van der Waals surface area contributed by atoms with Crippen LogP contribution in [0.25, 0.3) is 11.4 Å². The molecule has 1 aromatic carbocycles. The van der Waals surface area contributed by atoms with Gasteiger partial charge < -0.3 is 15.3 Å². The monoisotopic (exact) mass is 545 g/mol. The average Bonchev–Trinajstić information content (AvgIpc) is 3.51. The van der Waals surface area contributed by atoms with Crippen LogP contribution in [0.3, 0.4) is 0 Å². The molecule has 0 unspecified atom stereocenters. The highest BCUT2D eigenvalue weighted by Gasteiger charge is 2.54. The predicted molar refractivity (Wildman–Crippen MR) is 148 cm³/mol. The molecule has 3 aromatic rings. The first-order valence-corrected chi connectivity index (χ1v) is 13.0. The van der Waals surface area contributed by atoms with E-state index in [4.69, 9.17) is 0 Å². The molecular weight excluding hydrogens is 514 g/mol. The molecule has 12 nitrogen and oxygen atoms in total. The Balaban J connectivity index is 1.45. The standard InChI is InChI=1S/C28H31N7O5/c1-4-28-13-12-21(34(17-36)23-7-5-6-14-29-23)15-22(28)35(18(2)26(37)38)24(33(28)3)16-30-20-10-8-19(9-11-20)25-31-27(39)40-32-25/h5-12,14-15,17-18,24,30H,4,13,16H2,1-3H3,(H,37,38)(H,31,32,39)/t18-,24-,28+/m1/s1. The van der Waals surface area contributed by atoms with Crippen molar-refractivity contribution in [3.63, 3.8) is 0 Å². The number of likely N-dealkylation sites (N-methyl/N-ethyl adjacent to an activating group) is 1. The van der Waals surface area contributed by atoms with Crippen molar-refractivity contribution in [2.24, 2.45) is 0 Å². The minimum atomic E-state index is -0.940. The molecule has 208 valence electrons. The largest absolute Gasteiger partial charge is 0.480 e. The summed E-state index contributed by atoms with van der Waals surface area (Å²) in [5.74, 6) is -0.730. The van der Waals surface area contributed by atoms with E-state index in [1.54, 1.807) is 25.3 Å². The van der Waals surface area contributed by atoms with Crippen LogP contribution >= 0.6 is 0 Å². The number of fused-ring (bicyclic) bond motifs is 1. The van der Waals surface area contributed by atoms with Crippen LogP contribution in [0.2, 0.25) is 0 Å². The van der Waals surface area contributed by atoms with Crippen LogP contribution in [-0.4, -0.2) is 73.7 Å². The third kappa shape index (κ3) is 4.66. The third-order valence-corrected chi connectivity index (χ3v) is 7.86. The Morgan fingerprint density at radius 1 is 1.32 bits per heavy atom. The Morgan fingerprint density at radius 3 is 2.70 bits per heavy atom. The smallest absolute Gasteiger partial charge is 0.439 e. The number of rotatable bonds is 10. The van der Waals surface area contributed by atoms with Crippen LogP contribution in [0.5, 0.6) is 0 Å². The Morgan fingerprint density at radius 2 is 2.10 bits per heavy atom. The van der Waals surface area contributed by atoms with Gasteiger partial charge in [0.15, 0.2) is 5.82 Å². The van der Waals surface area contributed by atoms with Gasteiger partial charge in [0.25, 0.3) is 0 Å². The Bertz CT molecular complexity index is 1500. The maximum absolute atomic E-state index is 12.3. The van der Waals surface area contributed by atoms with Crippen LogP contribution < -0.4 is 16.0 Å². The first kappa shape index (κ1) is 26.9. The second-order valence-electron chi connectivity index (χ2n) is 9.83. The van der Waals surface area contributed by atoms with E-state index in [2.05, 4.69) is 36.8 Å². The molecule has 1 aliphatic carbocycles. The molecule has 12 heteroatoms. The van der Waals surface area contributed by atoms with Gasteiger partial charge in [-0.05, 0) is 69.3 Å². The molecule has 3 atom stereocenters. The number of aromatic nitrogens is 3. The molecule has 5 rings (SSSR count). The van der Waals surface area contributed by atoms with Crippen molar-refractivity contribution < 1.29 is 19.2 Å². The number of carbonyl (C=O) groups is 2. The Kier molecular flexibility index (Phi) is 7.26. The number of allylic oxidation sites excluding steroid dienone is 1. The molecule has 40 heavy (non-hydrogen) atoms. The molecule has 3 N–H and O–H groups in total. The Labute approximate surface area is 230 Å². The van der Waals surface area contributed by atoms with Crippen molar-refractivity contribution in [2.45, 2.75) is 44.4 Å². The first-order valence-electron chi connectivity index (χ1n) is 13.0. The number of H-pyrrole nitrogens is 1. The highest BCUT2D eigenvalue weighted by atomic mass is 16.5. The molecular formula is C28H31N7O5. The number of carboxylic acid groups (broad SMARTS) is 1. The summed E-state index contributed by atoms with van der Waals surface area (Å²) in [7, 11) is 2.01. The first-order chi connectivity index (χ1) is 19.3. The molecule has 1 fully saturated rings. The summed E-state index contributed by atoms with van der Waals surface area (Å²) in [5, 5.41) is 17.2. The van der Waals surface area contributed by atoms with E-state index in [1.807, 2.05) is 54.4 Å². The number of benzene rings is 1. The van der Waals surface area contributed by atoms with E-state index >= 15 is 0 Å². The zero-order valence-corrected chi connectivity index (χ0v) is 22.4. The molecule has 3 heterocycles. The lowest BCUT2D eigenvalue weighted by atomic mass is 9.83. The summed E-state index contributed by atoms with van der Waals surface area (Å²) >= 11 is 0. The quantitative estimate of drug-likeness (QED) is 0.325. The van der Waals surface area contributed by atoms with Crippen molar-refractivity contribution in [3.8, 4) is 11.4 Å². The van der Waals surface area contributed by atoms with E-state index in [-0.39, 0.29) is 6.17 Å². The third-order valence-electron chi connectivity index (χ3n) is 7.86. The van der Waals surface area contributed by atoms with Crippen molar-refractivity contribution in [2.75, 3.05) is 23.8 Å². The summed E-state index contributed by atoms with van der Waals surface area (Å²) in [5.41, 5.74) is 2.58. The maximum atomic E-state index is 12.3. The van der Waals surface area contributed by atoms with Crippen molar-refractivity contribution in [3.05, 3.63) is 82.8 Å². The lowest BCUT2D eigenvalue weighted by Gasteiger charge is -2.39. The highest BCUT2D eigenvalue weighted by Crippen LogP contribution is 2.47. The molecule has 0 spiro atoms. The number of pyridine rings is 1. The van der Waals surface area contributed by atoms with Gasteiger partial charge >= 0.3 is 11.7 Å². The van der Waals surface area contributed by atoms with E-state index in [0.29, 0.717) is 35.9 Å². The number of carbonyl (C=O) groups excluding carboxylic acids is 1. The number of amides is 1. The van der Waals surface area contributed by atoms with Crippen molar-refractivity contribution >= 4 is 23.9 Å². The van der Waals surface area contributed by atoms with Gasteiger partial charge in [0.05, 0.1) is 5.54 Å². The average molecular weight is 546 g/mol. The second-order valence-corrected chi connectivity index (χ2v) is 9.83. The van der Waals surface area contributed by atoms with E-state index in [9.17, 15) is 19.5 Å². The number of anilines is 2. The van der Waals surface area contributed by atoms with Gasteiger partial charge in [-0.15, -0.1) is 0 Å². The molecule has 2 aromatic heterocycles. The fourth-order valence-electron chi connectivity index (χ4n) is 5.60. The molecule has 0 radical (unpaired) electrons. The van der Waals surface area contributed by atoms with Crippen molar-refractivity contribution in [1.82, 2.24) is 24.9 Å². The van der Waals surface area contributed by atoms with Crippen LogP contribution in [0.4, 0.5) is 11.5 Å². The van der Waals surface area contributed by atoms with Crippen LogP contribution in [-0.2, 0) is 9.59 Å². The van der Waals surface area contributed by atoms with Gasteiger partial charge in [-0.1, -0.05) is 24.2 Å². The SMILES string of the molecule is CC[C@]12CC=C(N(C=O)c3ccccn3)C=C1N([C@H](C)C(=O)O)[C@H](CNc1ccc(-c3noc(=O)[nH]3)cc1)N2C. The van der Waals surface area contributed by atoms with Crippen LogP contribution in [0, 0.1) is 0 Å². The number of hydrogen-bond donors (Lipinski definition) is 3. The molecule has 1 amide bonds. The lowest BCUT2D eigenvalue weighted by Crippen LogP contribution is -2.50. The lowest BCUT2D eigenvalue weighted by molar-refractivity contribution is -0.142. The van der Waals surface area contributed by atoms with Gasteiger partial charge in [0.1, 0.15) is 18.0 Å². The number of hydrogen-bond acceptors (Lipinski definition) is 9. The fourth-order valence-corrected chi connectivity index (χ4v) is 5.60. The van der Waals surface area contributed by atoms with E-state index in [1.165, 1.54) is 4.90 Å². The number of carboxylic acids is 1. The zero-order valence-electron chi connectivity index (χ0n) is 22.4. The zero-order chi connectivity index (χ0) is 28.4. The maximum Gasteiger partial charge on any atom is 0.439 e. The molecule has 1 saturated heterocycles. The number of aliphatic carboxylic acids is 1. The van der Waals surface area contributed by atoms with Crippen LogP contribution in [0.1, 0.15) is 26.7 Å². The summed E-state index contributed by atoms with van der Waals surface area (Å²) in [6.45, 7) is 4.20. The molecule has 2 aliphatic rings. The number of aromatic amines is 1. The summed E-state index contributed by atoms with van der Waals surface area (Å²) in [4.78, 5) is 48.2. The predicted octanol–water partition coefficient (Wildman–Crippen LogP) is 2.87. The van der Waals surface area contributed by atoms with Gasteiger partial charge in [-0.2, -0.15) is 0 Å². The molecule has 1 aliphatic heterocycles. The fraction of sp³-hybridized carbons (Fsp3) is 0.321. The minimum Gasteiger partial charge on any atom is -0.480 e. The normalized spacial score (nSPS) is 21.3. The molecule has 0 bridgehead atoms. The summed E-state index contributed by atoms with van der Waals surface area (Å²) in [6.07, 6.45) is 7.33.